The number of carbonyl (C=O) groups excluding carboxylic acids is 2. The number of amides is 3. The van der Waals surface area contributed by atoms with E-state index in [0.29, 0.717) is 65.3 Å². The van der Waals surface area contributed by atoms with Crippen molar-refractivity contribution in [1.29, 1.82) is 0 Å². The van der Waals surface area contributed by atoms with Crippen molar-refractivity contribution < 1.29 is 14.3 Å². The molecule has 12 heteroatoms. The number of aromatic nitrogens is 1. The summed E-state index contributed by atoms with van der Waals surface area (Å²) in [5.41, 5.74) is 6.43. The molecule has 0 spiro atoms. The van der Waals surface area contributed by atoms with E-state index in [2.05, 4.69) is 26.2 Å². The SMILES string of the molecule is COc1cc(NC(=O)Nc2ccc(N(CCCl)CCCl)cc2)cc(Nc2c3cccc(C)c3nc3c(C(=O)NCCN(C)C)cccc23)c1. The van der Waals surface area contributed by atoms with Crippen LogP contribution in [0.3, 0.4) is 0 Å². The Balaban J connectivity index is 1.43. The van der Waals surface area contributed by atoms with Crippen LogP contribution in [-0.2, 0) is 0 Å². The Morgan fingerprint density at radius 2 is 1.45 bits per heavy atom. The Morgan fingerprint density at radius 3 is 2.12 bits per heavy atom. The number of benzene rings is 4. The van der Waals surface area contributed by atoms with Crippen molar-refractivity contribution in [3.8, 4) is 5.75 Å². The summed E-state index contributed by atoms with van der Waals surface area (Å²) in [6, 6.07) is 24.1. The van der Waals surface area contributed by atoms with Gasteiger partial charge in [-0.2, -0.15) is 0 Å². The van der Waals surface area contributed by atoms with Gasteiger partial charge < -0.3 is 35.8 Å². The van der Waals surface area contributed by atoms with E-state index in [4.69, 9.17) is 32.9 Å². The van der Waals surface area contributed by atoms with E-state index >= 15 is 0 Å². The molecule has 5 aromatic rings. The van der Waals surface area contributed by atoms with Gasteiger partial charge in [0.05, 0.1) is 29.4 Å². The van der Waals surface area contributed by atoms with Gasteiger partial charge in [0.2, 0.25) is 0 Å². The van der Waals surface area contributed by atoms with E-state index in [1.54, 1.807) is 19.2 Å². The molecule has 4 aromatic carbocycles. The van der Waals surface area contributed by atoms with Crippen molar-refractivity contribution >= 4 is 85.4 Å². The lowest BCUT2D eigenvalue weighted by molar-refractivity contribution is 0.0952. The molecule has 0 atom stereocenters. The fraction of sp³-hybridized carbons (Fsp3) is 0.270. The van der Waals surface area contributed by atoms with Crippen molar-refractivity contribution in [1.82, 2.24) is 15.2 Å². The topological polar surface area (TPSA) is 111 Å². The maximum atomic E-state index is 13.3. The minimum Gasteiger partial charge on any atom is -0.497 e. The highest BCUT2D eigenvalue weighted by Crippen LogP contribution is 2.37. The van der Waals surface area contributed by atoms with E-state index in [1.165, 1.54) is 0 Å². The highest BCUT2D eigenvalue weighted by atomic mass is 35.5. The Bertz CT molecular complexity index is 1930. The second-order valence-corrected chi connectivity index (χ2v) is 12.5. The van der Waals surface area contributed by atoms with Crippen LogP contribution in [0.15, 0.2) is 78.9 Å². The number of methoxy groups -OCH3 is 1. The summed E-state index contributed by atoms with van der Waals surface area (Å²) in [5.74, 6) is 1.33. The quantitative estimate of drug-likeness (QED) is 0.0695. The van der Waals surface area contributed by atoms with Gasteiger partial charge in [0.25, 0.3) is 5.91 Å². The predicted octanol–water partition coefficient (Wildman–Crippen LogP) is 7.67. The average molecular weight is 703 g/mol. The third-order valence-corrected chi connectivity index (χ3v) is 8.33. The van der Waals surface area contributed by atoms with Crippen molar-refractivity contribution in [3.63, 3.8) is 0 Å². The van der Waals surface area contributed by atoms with Gasteiger partial charge in [-0.15, -0.1) is 23.2 Å². The van der Waals surface area contributed by atoms with E-state index in [-0.39, 0.29) is 5.91 Å². The number of nitrogens with zero attached hydrogens (tertiary/aromatic N) is 3. The van der Waals surface area contributed by atoms with Crippen LogP contribution < -0.4 is 30.9 Å². The first-order valence-electron chi connectivity index (χ1n) is 16.0. The van der Waals surface area contributed by atoms with Gasteiger partial charge in [0.15, 0.2) is 0 Å². The third-order valence-electron chi connectivity index (χ3n) is 7.99. The van der Waals surface area contributed by atoms with Gasteiger partial charge in [-0.1, -0.05) is 30.3 Å². The highest BCUT2D eigenvalue weighted by Gasteiger charge is 2.18. The molecule has 0 aliphatic carbocycles. The van der Waals surface area contributed by atoms with Crippen LogP contribution in [0, 0.1) is 6.92 Å². The van der Waals surface area contributed by atoms with Crippen LogP contribution in [-0.4, -0.2) is 81.0 Å². The Kier molecular flexibility index (Phi) is 12.0. The van der Waals surface area contributed by atoms with Crippen LogP contribution in [0.5, 0.6) is 5.75 Å². The maximum absolute atomic E-state index is 13.3. The van der Waals surface area contributed by atoms with Crippen molar-refractivity contribution in [2.75, 3.05) is 80.0 Å². The molecule has 0 radical (unpaired) electrons. The molecule has 3 amide bonds. The molecule has 49 heavy (non-hydrogen) atoms. The lowest BCUT2D eigenvalue weighted by Crippen LogP contribution is -2.31. The second kappa shape index (κ2) is 16.6. The molecule has 0 unspecified atom stereocenters. The predicted molar refractivity (Wildman–Crippen MR) is 204 cm³/mol. The Labute approximate surface area is 296 Å². The largest absolute Gasteiger partial charge is 0.497 e. The van der Waals surface area contributed by atoms with Crippen LogP contribution in [0.1, 0.15) is 15.9 Å². The molecule has 1 heterocycles. The fourth-order valence-electron chi connectivity index (χ4n) is 5.57. The molecule has 4 N–H and O–H groups in total. The summed E-state index contributed by atoms with van der Waals surface area (Å²) in [5, 5.41) is 14.1. The molecule has 0 aliphatic rings. The summed E-state index contributed by atoms with van der Waals surface area (Å²) >= 11 is 11.9. The van der Waals surface area contributed by atoms with E-state index < -0.39 is 6.03 Å². The molecular formula is C37H41Cl2N7O3. The molecule has 5 rings (SSSR count). The van der Waals surface area contributed by atoms with Crippen molar-refractivity contribution in [3.05, 3.63) is 90.0 Å². The van der Waals surface area contributed by atoms with Crippen LogP contribution >= 0.6 is 23.2 Å². The molecule has 256 valence electrons. The highest BCUT2D eigenvalue weighted by molar-refractivity contribution is 6.19. The van der Waals surface area contributed by atoms with Gasteiger partial charge in [-0.25, -0.2) is 9.78 Å². The zero-order valence-corrected chi connectivity index (χ0v) is 29.6. The molecular weight excluding hydrogens is 661 g/mol. The monoisotopic (exact) mass is 701 g/mol. The minimum absolute atomic E-state index is 0.185. The summed E-state index contributed by atoms with van der Waals surface area (Å²) in [6.07, 6.45) is 0. The normalized spacial score (nSPS) is 11.1. The van der Waals surface area contributed by atoms with E-state index in [1.807, 2.05) is 92.6 Å². The van der Waals surface area contributed by atoms with Gasteiger partial charge in [0, 0.05) is 83.6 Å². The van der Waals surface area contributed by atoms with Gasteiger partial charge in [-0.05, 0) is 63.0 Å². The van der Waals surface area contributed by atoms with E-state index in [9.17, 15) is 9.59 Å². The molecule has 1 aromatic heterocycles. The number of fused-ring (bicyclic) bond motifs is 2. The number of aryl methyl sites for hydroxylation is 1. The fourth-order valence-corrected chi connectivity index (χ4v) is 5.97. The maximum Gasteiger partial charge on any atom is 0.323 e. The molecule has 0 bridgehead atoms. The number of hydrogen-bond donors (Lipinski definition) is 4. The molecule has 0 saturated heterocycles. The van der Waals surface area contributed by atoms with Gasteiger partial charge >= 0.3 is 6.03 Å². The third kappa shape index (κ3) is 8.83. The number of carbonyl (C=O) groups is 2. The molecule has 0 aliphatic heterocycles. The Morgan fingerprint density at radius 1 is 0.796 bits per heavy atom. The molecule has 10 nitrogen and oxygen atoms in total. The summed E-state index contributed by atoms with van der Waals surface area (Å²) in [4.78, 5) is 35.5. The number of pyridine rings is 1. The summed E-state index contributed by atoms with van der Waals surface area (Å²) < 4.78 is 5.60. The number of nitrogens with one attached hydrogen (secondary N) is 4. The number of halogens is 2. The first-order chi connectivity index (χ1) is 23.7. The zero-order chi connectivity index (χ0) is 34.9. The standard InChI is InChI=1S/C37H41Cl2N7O3/c1-24-7-5-8-30-33(24)44-35-31(9-6-10-32(35)36(47)40-17-20-45(2)3)34(30)41-26-21-27(23-29(22-26)49-4)43-37(48)42-25-11-13-28(14-12-25)46(18-15-38)19-16-39/h5-14,21-23H,15-20H2,1-4H3,(H,40,47)(H,41,44)(H2,42,43,48). The Hall–Kier alpha value is -4.77. The lowest BCUT2D eigenvalue weighted by Gasteiger charge is -2.23. The first-order valence-corrected chi connectivity index (χ1v) is 17.0. The van der Waals surface area contributed by atoms with Crippen LogP contribution in [0.25, 0.3) is 21.8 Å². The van der Waals surface area contributed by atoms with Crippen molar-refractivity contribution in [2.24, 2.45) is 0 Å². The number of alkyl halides is 2. The average Bonchev–Trinajstić information content (AvgIpc) is 3.08. The number of urea groups is 1. The smallest absolute Gasteiger partial charge is 0.323 e. The summed E-state index contributed by atoms with van der Waals surface area (Å²) in [6.45, 7) is 4.58. The van der Waals surface area contributed by atoms with Crippen LogP contribution in [0.2, 0.25) is 0 Å². The van der Waals surface area contributed by atoms with E-state index in [0.717, 1.165) is 39.8 Å². The van der Waals surface area contributed by atoms with Gasteiger partial charge in [-0.3, -0.25) is 4.79 Å². The number of likely N-dealkylation sites (N-methyl/N-ethyl adjacent to an activating group) is 1. The zero-order valence-electron chi connectivity index (χ0n) is 28.1. The molecule has 0 saturated carbocycles. The lowest BCUT2D eigenvalue weighted by atomic mass is 10.0. The minimum atomic E-state index is -0.411. The van der Waals surface area contributed by atoms with Gasteiger partial charge in [0.1, 0.15) is 5.75 Å². The van der Waals surface area contributed by atoms with Crippen molar-refractivity contribution in [2.45, 2.75) is 6.92 Å². The molecule has 0 fully saturated rings. The number of rotatable bonds is 14. The number of para-hydroxylation sites is 2. The van der Waals surface area contributed by atoms with Crippen LogP contribution in [0.4, 0.5) is 33.2 Å². The summed E-state index contributed by atoms with van der Waals surface area (Å²) in [7, 11) is 5.50. The first kappa shape index (κ1) is 35.5. The number of anilines is 5. The number of ether oxygens (including phenoxy) is 1. The second-order valence-electron chi connectivity index (χ2n) is 11.8. The number of hydrogen-bond acceptors (Lipinski definition) is 7.